The van der Waals surface area contributed by atoms with Crippen LogP contribution in [-0.2, 0) is 34.1 Å². The van der Waals surface area contributed by atoms with E-state index in [9.17, 15) is 38.0 Å². The first-order valence-corrected chi connectivity index (χ1v) is 50.6. The molecule has 6 heterocycles. The molecule has 754 valence electrons. The van der Waals surface area contributed by atoms with E-state index in [2.05, 4.69) is 139 Å². The molecule has 19 heteroatoms. The minimum atomic E-state index is -1.30. The summed E-state index contributed by atoms with van der Waals surface area (Å²) < 4.78 is 19.8. The summed E-state index contributed by atoms with van der Waals surface area (Å²) in [5.74, 6) is 0.859. The van der Waals surface area contributed by atoms with Crippen LogP contribution in [0.1, 0.15) is 222 Å². The van der Waals surface area contributed by atoms with Crippen molar-refractivity contribution in [3.63, 3.8) is 0 Å². The number of piperidine rings is 2. The summed E-state index contributed by atoms with van der Waals surface area (Å²) in [7, 11) is 1.86. The predicted octanol–water partition coefficient (Wildman–Crippen LogP) is 24.5. The molecule has 0 aromatic heterocycles. The van der Waals surface area contributed by atoms with Gasteiger partial charge in [0.15, 0.2) is 0 Å². The number of likely N-dealkylation sites (tertiary alicyclic amines) is 1. The Kier molecular flexibility index (Phi) is 45.6. The third-order valence-electron chi connectivity index (χ3n) is 28.0. The van der Waals surface area contributed by atoms with Gasteiger partial charge in [0.2, 0.25) is 5.91 Å². The normalized spacial score (nSPS) is 21.2. The van der Waals surface area contributed by atoms with Crippen molar-refractivity contribution in [1.29, 1.82) is 0 Å². The number of benzene rings is 9. The van der Waals surface area contributed by atoms with Crippen LogP contribution in [0.5, 0.6) is 0 Å². The van der Waals surface area contributed by atoms with E-state index in [1.807, 2.05) is 283 Å². The highest BCUT2D eigenvalue weighted by Crippen LogP contribution is 2.39. The van der Waals surface area contributed by atoms with Gasteiger partial charge in [0.1, 0.15) is 12.3 Å². The molecule has 6 fully saturated rings. The summed E-state index contributed by atoms with van der Waals surface area (Å²) >= 11 is 0. The fourth-order valence-electron chi connectivity index (χ4n) is 19.5. The van der Waals surface area contributed by atoms with E-state index in [0.717, 1.165) is 146 Å². The molecule has 0 saturated carbocycles. The zero-order valence-corrected chi connectivity index (χ0v) is 85.9. The summed E-state index contributed by atoms with van der Waals surface area (Å²) in [6.07, 6.45) is 26.2. The topological polar surface area (TPSA) is 167 Å². The number of hydrogen-bond donors (Lipinski definition) is 0. The number of allylic oxidation sites excluding steroid dienone is 4. The second-order valence-electron chi connectivity index (χ2n) is 39.6. The van der Waals surface area contributed by atoms with E-state index in [0.29, 0.717) is 99.5 Å². The second kappa shape index (κ2) is 57.4. The van der Waals surface area contributed by atoms with Crippen LogP contribution in [0.2, 0.25) is 0 Å². The van der Waals surface area contributed by atoms with Gasteiger partial charge in [-0.25, -0.2) is 9.45 Å². The van der Waals surface area contributed by atoms with Crippen molar-refractivity contribution in [3.05, 3.63) is 411 Å². The van der Waals surface area contributed by atoms with E-state index in [4.69, 9.17) is 9.57 Å². The van der Waals surface area contributed by atoms with Crippen molar-refractivity contribution >= 4 is 41.4 Å². The lowest BCUT2D eigenvalue weighted by Gasteiger charge is -2.49. The summed E-state index contributed by atoms with van der Waals surface area (Å²) in [5.41, 5.74) is 7.67. The first-order chi connectivity index (χ1) is 68.5. The Hall–Kier alpha value is -12.8. The third kappa shape index (κ3) is 34.3. The van der Waals surface area contributed by atoms with Gasteiger partial charge in [-0.15, -0.1) is 46.1 Å². The van der Waals surface area contributed by atoms with Crippen LogP contribution in [0.15, 0.2) is 356 Å². The van der Waals surface area contributed by atoms with E-state index in [1.165, 1.54) is 29.5 Å². The van der Waals surface area contributed by atoms with Gasteiger partial charge in [0.05, 0.1) is 25.2 Å². The van der Waals surface area contributed by atoms with Crippen LogP contribution in [0.3, 0.4) is 0 Å². The van der Waals surface area contributed by atoms with Crippen molar-refractivity contribution < 1.29 is 47.5 Å². The number of carbonyl (C=O) groups excluding carboxylic acids is 7. The number of hydroxylamine groups is 2. The first kappa shape index (κ1) is 113. The van der Waals surface area contributed by atoms with Crippen molar-refractivity contribution in [1.82, 2.24) is 44.3 Å². The van der Waals surface area contributed by atoms with Crippen LogP contribution in [-0.4, -0.2) is 213 Å². The summed E-state index contributed by atoms with van der Waals surface area (Å²) in [6, 6.07) is 85.5. The minimum absolute atomic E-state index is 0.00163. The molecule has 9 aromatic rings. The quantitative estimate of drug-likeness (QED) is 0.0379. The maximum atomic E-state index is 14.4. The Morgan fingerprint density at radius 3 is 1.21 bits per heavy atom. The smallest absolute Gasteiger partial charge is 0.254 e. The van der Waals surface area contributed by atoms with E-state index in [-0.39, 0.29) is 64.4 Å². The second-order valence-corrected chi connectivity index (χ2v) is 39.6. The zero-order valence-electron chi connectivity index (χ0n) is 85.9. The molecule has 9 aromatic carbocycles. The molecule has 6 saturated heterocycles. The van der Waals surface area contributed by atoms with Gasteiger partial charge in [-0.2, -0.15) is 0 Å². The van der Waals surface area contributed by atoms with Crippen molar-refractivity contribution in [2.45, 2.75) is 187 Å². The SMILES string of the molecule is C=CC[C@@]1(C)CN(C(=O)c2ccc(C)cc2)CCN1Cc1ccccc1.C=CC[C@@]1(C)CN(C(=O)c2ccccc2)CCN1C(=O)c1ccccc1.C=CC[C@@]1(C)CN(C(=O)c2ccccc2)CCN1Cc1ccccc1.C=CC[C@H](CC)CN(C)C(=O)c1ccccc1.C=CC[C@]1(C)CCCOC1.C=CC[C@]1(CC)CCC(=O)N(OCc2ccccc2)C1.C=CC[C@]1(F)CCCN(C(=O)c2ccccc2)C1. The van der Waals surface area contributed by atoms with Crippen molar-refractivity contribution in [3.8, 4) is 0 Å². The van der Waals surface area contributed by atoms with Crippen LogP contribution in [0, 0.1) is 23.7 Å². The highest BCUT2D eigenvalue weighted by molar-refractivity contribution is 5.98. The number of amides is 7. The lowest BCUT2D eigenvalue weighted by molar-refractivity contribution is -0.209. The number of halogens is 1. The van der Waals surface area contributed by atoms with E-state index >= 15 is 0 Å². The lowest BCUT2D eigenvalue weighted by Crippen LogP contribution is -2.63. The molecule has 0 spiro atoms. The third-order valence-corrected chi connectivity index (χ3v) is 28.0. The largest absolute Gasteiger partial charge is 0.381 e. The Morgan fingerprint density at radius 2 is 0.803 bits per heavy atom. The maximum Gasteiger partial charge on any atom is 0.254 e. The Morgan fingerprint density at radius 1 is 0.415 bits per heavy atom. The summed E-state index contributed by atoms with van der Waals surface area (Å²) in [6.45, 7) is 54.4. The lowest BCUT2D eigenvalue weighted by atomic mass is 9.75. The molecule has 0 aliphatic carbocycles. The molecule has 6 aliphatic rings. The monoisotopic (exact) mass is 1920 g/mol. The van der Waals surface area contributed by atoms with Crippen LogP contribution >= 0.6 is 0 Å². The molecule has 15 rings (SSSR count). The minimum Gasteiger partial charge on any atom is -0.381 e. The molecule has 6 aliphatic heterocycles. The summed E-state index contributed by atoms with van der Waals surface area (Å²) in [4.78, 5) is 110. The Bertz CT molecular complexity index is 5430. The molecular weight excluding hydrogens is 1770 g/mol. The zero-order chi connectivity index (χ0) is 102. The van der Waals surface area contributed by atoms with E-state index in [1.54, 1.807) is 33.1 Å². The number of piperazine rings is 3. The number of ether oxygens (including phenoxy) is 1. The number of carbonyl (C=O) groups is 7. The number of nitrogens with zero attached hydrogens (tertiary/aromatic N) is 9. The highest BCUT2D eigenvalue weighted by Gasteiger charge is 2.45. The molecule has 7 atom stereocenters. The molecular formula is C123H156FN9O9. The maximum absolute atomic E-state index is 14.4. The molecule has 0 unspecified atom stereocenters. The van der Waals surface area contributed by atoms with Crippen LogP contribution < -0.4 is 0 Å². The van der Waals surface area contributed by atoms with Gasteiger partial charge in [-0.1, -0.05) is 269 Å². The van der Waals surface area contributed by atoms with Crippen molar-refractivity contribution in [2.24, 2.45) is 16.7 Å². The molecule has 7 amide bonds. The van der Waals surface area contributed by atoms with Gasteiger partial charge in [0.25, 0.3) is 35.4 Å². The number of aryl methyl sites for hydroxylation is 1. The van der Waals surface area contributed by atoms with Gasteiger partial charge in [0, 0.05) is 156 Å². The molecule has 18 nitrogen and oxygen atoms in total. The molecule has 142 heavy (non-hydrogen) atoms. The van der Waals surface area contributed by atoms with Gasteiger partial charge < -0.3 is 34.1 Å². The van der Waals surface area contributed by atoms with Crippen LogP contribution in [0.4, 0.5) is 4.39 Å². The average molecular weight is 1920 g/mol. The van der Waals surface area contributed by atoms with Gasteiger partial charge >= 0.3 is 0 Å². The highest BCUT2D eigenvalue weighted by atomic mass is 19.1. The van der Waals surface area contributed by atoms with Gasteiger partial charge in [-0.05, 0) is 211 Å². The van der Waals surface area contributed by atoms with Crippen LogP contribution in [0.25, 0.3) is 0 Å². The van der Waals surface area contributed by atoms with Crippen molar-refractivity contribution in [2.75, 3.05) is 105 Å². The van der Waals surface area contributed by atoms with Gasteiger partial charge in [-0.3, -0.25) is 48.2 Å². The number of alkyl halides is 1. The Labute approximate surface area is 848 Å². The molecule has 0 radical (unpaired) electrons. The first-order valence-electron chi connectivity index (χ1n) is 50.6. The standard InChI is InChI=1S/C23H28N2O.C22H24N2O2.C22H26N2O.C17H23NO2.C15H18FNO.C15H21NO.C9H16O/c1-4-14-23(3)18-24(22(26)21-12-10-19(2)11-13-21)15-16-25(23)17-20-8-6-5-7-9-20;1-3-14-22(2)17-23(20(25)18-10-6-4-7-11-18)15-16-24(22)21(26)19-12-8-5-9-13-19;1-3-14-22(2)18-23(21(25)20-12-8-5-9-13-20)15-16-24(22)17-19-10-6-4-7-11-19;1-3-11-17(4-2)12-10-16(19)18(14-17)20-13-15-8-6-5-7-9-15;1-2-9-15(16)10-6-11-17(12-15)14(18)13-7-4-3-5-8-13;1-4-9-13(5-2)12-16(3)15(17)14-10-7-6-8-11-14;1-3-5-9(2)6-4-7-10-8-9/h4-13H,1,14-18H2,2-3H3;3-13H,1,14-17H2,2H3;3-13H,1,14-18H2,2H3;3,5-9H,1,4,10-14H2,2H3;2-5,7-8H,1,6,9-12H2;4,6-8,10-11,13H,1,5,9,12H2,2-3H3;3H,1,4-8H2,2H3/t23-;2*22-;17-;15-;13-;9-/m0001001/s1. The number of rotatable bonds is 31. The predicted molar refractivity (Wildman–Crippen MR) is 578 cm³/mol. The Balaban J connectivity index is 0.000000188. The summed E-state index contributed by atoms with van der Waals surface area (Å²) in [5, 5.41) is 1.56. The molecule has 0 bridgehead atoms. The molecule has 0 N–H and O–H groups in total. The number of hydrogen-bond acceptors (Lipinski definition) is 11. The van der Waals surface area contributed by atoms with E-state index < -0.39 is 11.2 Å². The fourth-order valence-corrected chi connectivity index (χ4v) is 19.5. The average Bonchev–Trinajstić information content (AvgIpc) is 0.781. The fraction of sp³-hybridized carbons (Fsp3) is 0.390.